The smallest absolute Gasteiger partial charge is 0.182 e. The van der Waals surface area contributed by atoms with E-state index in [-0.39, 0.29) is 5.75 Å². The molecule has 2 aromatic rings. The van der Waals surface area contributed by atoms with Gasteiger partial charge in [-0.3, -0.25) is 0 Å². The predicted molar refractivity (Wildman–Crippen MR) is 94.6 cm³/mol. The van der Waals surface area contributed by atoms with Crippen molar-refractivity contribution in [1.29, 1.82) is 0 Å². The van der Waals surface area contributed by atoms with Gasteiger partial charge in [-0.15, -0.1) is 6.58 Å². The third-order valence-electron chi connectivity index (χ3n) is 2.93. The van der Waals surface area contributed by atoms with Crippen LogP contribution in [0.4, 0.5) is 0 Å². The van der Waals surface area contributed by atoms with E-state index in [2.05, 4.69) is 13.2 Å². The van der Waals surface area contributed by atoms with Crippen molar-refractivity contribution in [3.63, 3.8) is 0 Å². The molecule has 0 fully saturated rings. The predicted octanol–water partition coefficient (Wildman–Crippen LogP) is 4.67. The first kappa shape index (κ1) is 17.9. The van der Waals surface area contributed by atoms with Crippen LogP contribution in [0.5, 0.6) is 0 Å². The number of rotatable bonds is 4. The molecular weight excluding hydrogens is 292 g/mol. The lowest BCUT2D eigenvalue weighted by Crippen LogP contribution is -2.08. The number of hydrogen-bond acceptors (Lipinski definition) is 2. The summed E-state index contributed by atoms with van der Waals surface area (Å²) in [5.41, 5.74) is 2.51. The maximum Gasteiger partial charge on any atom is 0.182 e. The highest BCUT2D eigenvalue weighted by atomic mass is 32.2. The molecule has 2 nitrogen and oxygen atoms in total. The first-order valence-electron chi connectivity index (χ1n) is 7.00. The number of sulfone groups is 1. The lowest BCUT2D eigenvalue weighted by atomic mass is 10.1. The molecule has 2 rings (SSSR count). The van der Waals surface area contributed by atoms with Crippen molar-refractivity contribution in [2.45, 2.75) is 18.7 Å². The van der Waals surface area contributed by atoms with Crippen molar-refractivity contribution >= 4 is 15.4 Å². The van der Waals surface area contributed by atoms with Gasteiger partial charge in [0.2, 0.25) is 0 Å². The molecule has 0 saturated carbocycles. The molecule has 0 saturated heterocycles. The van der Waals surface area contributed by atoms with Crippen LogP contribution in [0.1, 0.15) is 18.1 Å². The van der Waals surface area contributed by atoms with Crippen LogP contribution in [0.15, 0.2) is 78.7 Å². The molecule has 2 aromatic carbocycles. The normalized spacial score (nSPS) is 10.3. The molecular formula is C19H22O2S. The van der Waals surface area contributed by atoms with Crippen LogP contribution in [-0.4, -0.2) is 14.2 Å². The van der Waals surface area contributed by atoms with Gasteiger partial charge in [-0.2, -0.15) is 0 Å². The number of benzene rings is 2. The summed E-state index contributed by atoms with van der Waals surface area (Å²) in [4.78, 5) is 0.343. The van der Waals surface area contributed by atoms with E-state index in [4.69, 9.17) is 0 Å². The Morgan fingerprint density at radius 2 is 1.55 bits per heavy atom. The fourth-order valence-electron chi connectivity index (χ4n) is 1.82. The Kier molecular flexibility index (Phi) is 6.80. The summed E-state index contributed by atoms with van der Waals surface area (Å²) in [5, 5.41) is 0. The zero-order chi connectivity index (χ0) is 16.6. The van der Waals surface area contributed by atoms with E-state index in [1.165, 1.54) is 0 Å². The zero-order valence-electron chi connectivity index (χ0n) is 13.1. The van der Waals surface area contributed by atoms with E-state index in [1.54, 1.807) is 30.3 Å². The van der Waals surface area contributed by atoms with Gasteiger partial charge in [0.25, 0.3) is 0 Å². The lowest BCUT2D eigenvalue weighted by molar-refractivity contribution is 0.599. The van der Waals surface area contributed by atoms with Gasteiger partial charge in [-0.25, -0.2) is 8.42 Å². The molecule has 0 aromatic heterocycles. The number of hydrogen-bond donors (Lipinski definition) is 0. The van der Waals surface area contributed by atoms with Gasteiger partial charge in [-0.1, -0.05) is 60.7 Å². The van der Waals surface area contributed by atoms with Gasteiger partial charge in [0.15, 0.2) is 9.84 Å². The van der Waals surface area contributed by atoms with Gasteiger partial charge < -0.3 is 0 Å². The Bertz CT molecular complexity index is 712. The largest absolute Gasteiger partial charge is 0.223 e. The SMILES string of the molecule is C=C(CS(=O)(=O)c1ccc(C)cc1)c1ccccc1.C=CC. The van der Waals surface area contributed by atoms with Crippen molar-refractivity contribution in [2.24, 2.45) is 0 Å². The molecule has 0 bridgehead atoms. The highest BCUT2D eigenvalue weighted by Crippen LogP contribution is 2.19. The van der Waals surface area contributed by atoms with Crippen molar-refractivity contribution in [2.75, 3.05) is 5.75 Å². The fourth-order valence-corrected chi connectivity index (χ4v) is 3.16. The summed E-state index contributed by atoms with van der Waals surface area (Å²) in [6, 6.07) is 16.3. The van der Waals surface area contributed by atoms with Crippen LogP contribution >= 0.6 is 0 Å². The minimum atomic E-state index is -3.32. The molecule has 0 N–H and O–H groups in total. The first-order valence-corrected chi connectivity index (χ1v) is 8.65. The van der Waals surface area contributed by atoms with Crippen LogP contribution in [-0.2, 0) is 9.84 Å². The van der Waals surface area contributed by atoms with Gasteiger partial charge in [0.1, 0.15) is 0 Å². The molecule has 0 amide bonds. The minimum Gasteiger partial charge on any atom is -0.223 e. The molecule has 116 valence electrons. The fraction of sp³-hybridized carbons (Fsp3) is 0.158. The average molecular weight is 314 g/mol. The van der Waals surface area contributed by atoms with Gasteiger partial charge in [-0.05, 0) is 37.1 Å². The van der Waals surface area contributed by atoms with Crippen molar-refractivity contribution in [3.8, 4) is 0 Å². The van der Waals surface area contributed by atoms with Gasteiger partial charge in [0.05, 0.1) is 10.6 Å². The summed E-state index contributed by atoms with van der Waals surface area (Å²) in [6.07, 6.45) is 1.75. The molecule has 0 aliphatic carbocycles. The summed E-state index contributed by atoms with van der Waals surface area (Å²) in [7, 11) is -3.32. The van der Waals surface area contributed by atoms with Crippen LogP contribution in [0, 0.1) is 6.92 Å². The van der Waals surface area contributed by atoms with Crippen molar-refractivity contribution in [3.05, 3.63) is 85.0 Å². The Morgan fingerprint density at radius 1 is 1.05 bits per heavy atom. The van der Waals surface area contributed by atoms with Crippen molar-refractivity contribution in [1.82, 2.24) is 0 Å². The van der Waals surface area contributed by atoms with Gasteiger partial charge >= 0.3 is 0 Å². The lowest BCUT2D eigenvalue weighted by Gasteiger charge is -2.08. The maximum absolute atomic E-state index is 12.3. The second-order valence-electron chi connectivity index (χ2n) is 4.95. The highest BCUT2D eigenvalue weighted by molar-refractivity contribution is 7.91. The molecule has 0 aliphatic heterocycles. The quantitative estimate of drug-likeness (QED) is 0.768. The Labute approximate surface area is 133 Å². The Morgan fingerprint density at radius 3 is 2.05 bits per heavy atom. The molecule has 0 heterocycles. The molecule has 0 aliphatic rings. The molecule has 22 heavy (non-hydrogen) atoms. The van der Waals surface area contributed by atoms with Crippen LogP contribution in [0.3, 0.4) is 0 Å². The summed E-state index contributed by atoms with van der Waals surface area (Å²) in [6.45, 7) is 11.1. The van der Waals surface area contributed by atoms with E-state index in [1.807, 2.05) is 44.2 Å². The van der Waals surface area contributed by atoms with Crippen LogP contribution in [0.25, 0.3) is 5.57 Å². The summed E-state index contributed by atoms with van der Waals surface area (Å²) < 4.78 is 24.5. The first-order chi connectivity index (χ1) is 10.4. The van der Waals surface area contributed by atoms with E-state index in [0.29, 0.717) is 10.5 Å². The average Bonchev–Trinajstić information content (AvgIpc) is 2.49. The number of aryl methyl sites for hydroxylation is 1. The molecule has 0 radical (unpaired) electrons. The van der Waals surface area contributed by atoms with Crippen LogP contribution < -0.4 is 0 Å². The summed E-state index contributed by atoms with van der Waals surface area (Å²) in [5.74, 6) is -0.0555. The zero-order valence-corrected chi connectivity index (χ0v) is 13.9. The third kappa shape index (κ3) is 5.34. The molecule has 3 heteroatoms. The van der Waals surface area contributed by atoms with E-state index >= 15 is 0 Å². The summed E-state index contributed by atoms with van der Waals surface area (Å²) >= 11 is 0. The second-order valence-corrected chi connectivity index (χ2v) is 6.94. The molecule has 0 atom stereocenters. The molecule has 0 spiro atoms. The van der Waals surface area contributed by atoms with E-state index < -0.39 is 9.84 Å². The van der Waals surface area contributed by atoms with E-state index in [9.17, 15) is 8.42 Å². The van der Waals surface area contributed by atoms with Crippen LogP contribution in [0.2, 0.25) is 0 Å². The van der Waals surface area contributed by atoms with E-state index in [0.717, 1.165) is 11.1 Å². The highest BCUT2D eigenvalue weighted by Gasteiger charge is 2.16. The monoisotopic (exact) mass is 314 g/mol. The van der Waals surface area contributed by atoms with Crippen molar-refractivity contribution < 1.29 is 8.42 Å². The topological polar surface area (TPSA) is 34.1 Å². The Balaban J connectivity index is 0.000000745. The molecule has 0 unspecified atom stereocenters. The number of allylic oxidation sites excluding steroid dienone is 1. The standard InChI is InChI=1S/C16H16O2S.C3H6/c1-13-8-10-16(11-9-13)19(17,18)12-14(2)15-6-4-3-5-7-15;1-3-2/h3-11H,2,12H2,1H3;3H,1H2,2H3. The maximum atomic E-state index is 12.3. The minimum absolute atomic E-state index is 0.0555. The Hall–Kier alpha value is -2.13. The second kappa shape index (κ2) is 8.35. The third-order valence-corrected chi connectivity index (χ3v) is 4.65. The van der Waals surface area contributed by atoms with Gasteiger partial charge in [0, 0.05) is 0 Å².